The molecule has 0 amide bonds. The molecule has 5 heteroatoms. The predicted octanol–water partition coefficient (Wildman–Crippen LogP) is 3.12. The fourth-order valence-corrected chi connectivity index (χ4v) is 2.65. The van der Waals surface area contributed by atoms with E-state index in [-0.39, 0.29) is 5.97 Å². The molecule has 22 heavy (non-hydrogen) atoms. The van der Waals surface area contributed by atoms with Crippen LogP contribution in [0.5, 0.6) is 0 Å². The number of rotatable bonds is 3. The van der Waals surface area contributed by atoms with Gasteiger partial charge in [0.05, 0.1) is 17.8 Å². The standard InChI is InChI=1S/C17H17N3O2/c1-4-22-17(21)16-15(11(2)19-20(16)3)13-9-12-7-5-6-8-14(12)18-10-13/h5-10H,4H2,1-3H3. The molecule has 0 aliphatic heterocycles. The minimum absolute atomic E-state index is 0.332. The topological polar surface area (TPSA) is 57.0 Å². The Bertz CT molecular complexity index is 852. The van der Waals surface area contributed by atoms with Crippen LogP contribution in [0.3, 0.4) is 0 Å². The lowest BCUT2D eigenvalue weighted by atomic mass is 10.0. The smallest absolute Gasteiger partial charge is 0.357 e. The van der Waals surface area contributed by atoms with Gasteiger partial charge in [0.1, 0.15) is 0 Å². The van der Waals surface area contributed by atoms with Gasteiger partial charge in [-0.05, 0) is 26.0 Å². The summed E-state index contributed by atoms with van der Waals surface area (Å²) in [4.78, 5) is 16.7. The van der Waals surface area contributed by atoms with E-state index in [4.69, 9.17) is 4.74 Å². The van der Waals surface area contributed by atoms with Gasteiger partial charge < -0.3 is 4.74 Å². The van der Waals surface area contributed by atoms with Gasteiger partial charge in [0, 0.05) is 29.8 Å². The molecule has 2 aromatic heterocycles. The molecule has 1 aromatic carbocycles. The highest BCUT2D eigenvalue weighted by molar-refractivity contribution is 5.97. The number of carbonyl (C=O) groups is 1. The second-order valence-corrected chi connectivity index (χ2v) is 5.07. The number of para-hydroxylation sites is 1. The van der Waals surface area contributed by atoms with Crippen molar-refractivity contribution in [3.63, 3.8) is 0 Å². The number of esters is 1. The molecule has 0 unspecified atom stereocenters. The van der Waals surface area contributed by atoms with Crippen molar-refractivity contribution in [3.05, 3.63) is 47.9 Å². The maximum absolute atomic E-state index is 12.2. The first kappa shape index (κ1) is 14.3. The van der Waals surface area contributed by atoms with Gasteiger partial charge in [0.25, 0.3) is 0 Å². The quantitative estimate of drug-likeness (QED) is 0.697. The van der Waals surface area contributed by atoms with Crippen molar-refractivity contribution in [2.24, 2.45) is 7.05 Å². The molecule has 3 aromatic rings. The average Bonchev–Trinajstić information content (AvgIpc) is 2.81. The Morgan fingerprint density at radius 3 is 2.86 bits per heavy atom. The lowest BCUT2D eigenvalue weighted by Crippen LogP contribution is -2.11. The Morgan fingerprint density at radius 1 is 1.32 bits per heavy atom. The number of ether oxygens (including phenoxy) is 1. The zero-order valence-corrected chi connectivity index (χ0v) is 12.8. The van der Waals surface area contributed by atoms with Crippen LogP contribution in [0.4, 0.5) is 0 Å². The number of pyridine rings is 1. The zero-order chi connectivity index (χ0) is 15.7. The van der Waals surface area contributed by atoms with Gasteiger partial charge in [-0.25, -0.2) is 4.79 Å². The highest BCUT2D eigenvalue weighted by Gasteiger charge is 2.22. The van der Waals surface area contributed by atoms with Crippen molar-refractivity contribution in [1.82, 2.24) is 14.8 Å². The van der Waals surface area contributed by atoms with Crippen LogP contribution in [-0.4, -0.2) is 27.3 Å². The molecule has 0 spiro atoms. The van der Waals surface area contributed by atoms with Crippen LogP contribution in [-0.2, 0) is 11.8 Å². The van der Waals surface area contributed by atoms with E-state index in [0.29, 0.717) is 12.3 Å². The van der Waals surface area contributed by atoms with Gasteiger partial charge in [-0.15, -0.1) is 0 Å². The third kappa shape index (κ3) is 2.35. The predicted molar refractivity (Wildman–Crippen MR) is 84.6 cm³/mol. The summed E-state index contributed by atoms with van der Waals surface area (Å²) < 4.78 is 6.72. The van der Waals surface area contributed by atoms with Crippen LogP contribution in [0.15, 0.2) is 36.5 Å². The molecule has 0 saturated heterocycles. The second kappa shape index (κ2) is 5.60. The first-order chi connectivity index (χ1) is 10.6. The second-order valence-electron chi connectivity index (χ2n) is 5.07. The molecule has 0 aliphatic carbocycles. The number of carbonyl (C=O) groups excluding carboxylic acids is 1. The Balaban J connectivity index is 2.19. The van der Waals surface area contributed by atoms with Crippen LogP contribution < -0.4 is 0 Å². The van der Waals surface area contributed by atoms with Crippen molar-refractivity contribution in [3.8, 4) is 11.1 Å². The molecule has 0 fully saturated rings. The zero-order valence-electron chi connectivity index (χ0n) is 12.8. The van der Waals surface area contributed by atoms with Gasteiger partial charge in [0.2, 0.25) is 0 Å². The van der Waals surface area contributed by atoms with E-state index in [2.05, 4.69) is 10.1 Å². The van der Waals surface area contributed by atoms with Gasteiger partial charge in [-0.3, -0.25) is 9.67 Å². The lowest BCUT2D eigenvalue weighted by Gasteiger charge is -2.07. The maximum Gasteiger partial charge on any atom is 0.357 e. The minimum Gasteiger partial charge on any atom is -0.461 e. The van der Waals surface area contributed by atoms with E-state index in [1.807, 2.05) is 37.3 Å². The molecular formula is C17H17N3O2. The van der Waals surface area contributed by atoms with E-state index < -0.39 is 0 Å². The van der Waals surface area contributed by atoms with Crippen molar-refractivity contribution in [1.29, 1.82) is 0 Å². The molecule has 5 nitrogen and oxygen atoms in total. The first-order valence-corrected chi connectivity index (χ1v) is 7.17. The molecule has 0 bridgehead atoms. The van der Waals surface area contributed by atoms with Gasteiger partial charge in [-0.1, -0.05) is 18.2 Å². The average molecular weight is 295 g/mol. The normalized spacial score (nSPS) is 10.9. The van der Waals surface area contributed by atoms with Gasteiger partial charge >= 0.3 is 5.97 Å². The fraction of sp³-hybridized carbons (Fsp3) is 0.235. The van der Waals surface area contributed by atoms with E-state index in [1.54, 1.807) is 24.9 Å². The number of aryl methyl sites for hydroxylation is 2. The van der Waals surface area contributed by atoms with Crippen molar-refractivity contribution in [2.75, 3.05) is 6.61 Å². The molecule has 0 N–H and O–H groups in total. The molecule has 3 rings (SSSR count). The van der Waals surface area contributed by atoms with E-state index >= 15 is 0 Å². The number of nitrogens with zero attached hydrogens (tertiary/aromatic N) is 3. The summed E-state index contributed by atoms with van der Waals surface area (Å²) in [6.45, 7) is 4.00. The molecule has 112 valence electrons. The third-order valence-electron chi connectivity index (χ3n) is 3.57. The maximum atomic E-state index is 12.2. The summed E-state index contributed by atoms with van der Waals surface area (Å²) in [5.74, 6) is -0.367. The number of aromatic nitrogens is 3. The number of hydrogen-bond acceptors (Lipinski definition) is 4. The van der Waals surface area contributed by atoms with E-state index in [0.717, 1.165) is 27.7 Å². The third-order valence-corrected chi connectivity index (χ3v) is 3.57. The molecule has 0 saturated carbocycles. The van der Waals surface area contributed by atoms with E-state index in [1.165, 1.54) is 0 Å². The number of benzene rings is 1. The van der Waals surface area contributed by atoms with Crippen LogP contribution in [0.25, 0.3) is 22.0 Å². The minimum atomic E-state index is -0.367. The van der Waals surface area contributed by atoms with Crippen molar-refractivity contribution >= 4 is 16.9 Å². The highest BCUT2D eigenvalue weighted by atomic mass is 16.5. The summed E-state index contributed by atoms with van der Waals surface area (Å²) >= 11 is 0. The SMILES string of the molecule is CCOC(=O)c1c(-c2cnc3ccccc3c2)c(C)nn1C. The lowest BCUT2D eigenvalue weighted by molar-refractivity contribution is 0.0514. The van der Waals surface area contributed by atoms with Crippen LogP contribution >= 0.6 is 0 Å². The summed E-state index contributed by atoms with van der Waals surface area (Å²) in [5.41, 5.74) is 3.80. The Labute approximate surface area is 128 Å². The van der Waals surface area contributed by atoms with E-state index in [9.17, 15) is 4.79 Å². The Kier molecular flexibility index (Phi) is 3.63. The summed E-state index contributed by atoms with van der Waals surface area (Å²) in [7, 11) is 1.75. The molecule has 2 heterocycles. The van der Waals surface area contributed by atoms with Crippen LogP contribution in [0.1, 0.15) is 23.1 Å². The van der Waals surface area contributed by atoms with Gasteiger partial charge in [-0.2, -0.15) is 5.10 Å². The number of fused-ring (bicyclic) bond motifs is 1. The summed E-state index contributed by atoms with van der Waals surface area (Å²) in [6.07, 6.45) is 1.77. The van der Waals surface area contributed by atoms with Crippen LogP contribution in [0, 0.1) is 6.92 Å². The fourth-order valence-electron chi connectivity index (χ4n) is 2.65. The highest BCUT2D eigenvalue weighted by Crippen LogP contribution is 2.29. The monoisotopic (exact) mass is 295 g/mol. The molecule has 0 aliphatic rings. The van der Waals surface area contributed by atoms with Crippen molar-refractivity contribution in [2.45, 2.75) is 13.8 Å². The first-order valence-electron chi connectivity index (χ1n) is 7.17. The molecular weight excluding hydrogens is 278 g/mol. The molecule has 0 radical (unpaired) electrons. The Morgan fingerprint density at radius 2 is 2.09 bits per heavy atom. The number of hydrogen-bond donors (Lipinski definition) is 0. The Hall–Kier alpha value is -2.69. The largest absolute Gasteiger partial charge is 0.461 e. The van der Waals surface area contributed by atoms with Gasteiger partial charge in [0.15, 0.2) is 5.69 Å². The molecule has 0 atom stereocenters. The van der Waals surface area contributed by atoms with Crippen molar-refractivity contribution < 1.29 is 9.53 Å². The summed E-state index contributed by atoms with van der Waals surface area (Å²) in [6, 6.07) is 9.91. The van der Waals surface area contributed by atoms with Crippen LogP contribution in [0.2, 0.25) is 0 Å². The summed E-state index contributed by atoms with van der Waals surface area (Å²) in [5, 5.41) is 5.38.